The third-order valence-corrected chi connectivity index (χ3v) is 7.09. The van der Waals surface area contributed by atoms with Gasteiger partial charge in [0.25, 0.3) is 0 Å². The van der Waals surface area contributed by atoms with Gasteiger partial charge in [-0.2, -0.15) is 13.2 Å². The molecule has 0 amide bonds. The van der Waals surface area contributed by atoms with E-state index in [0.717, 1.165) is 36.3 Å². The van der Waals surface area contributed by atoms with Gasteiger partial charge in [-0.3, -0.25) is 0 Å². The summed E-state index contributed by atoms with van der Waals surface area (Å²) < 4.78 is 38.5. The lowest BCUT2D eigenvalue weighted by Crippen LogP contribution is -2.18. The van der Waals surface area contributed by atoms with Crippen molar-refractivity contribution in [2.24, 2.45) is 11.8 Å². The molecule has 3 nitrogen and oxygen atoms in total. The van der Waals surface area contributed by atoms with E-state index in [9.17, 15) is 23.1 Å². The number of halogens is 4. The molecule has 1 aromatic heterocycles. The Balaban J connectivity index is 1.64. The van der Waals surface area contributed by atoms with Crippen LogP contribution in [-0.4, -0.2) is 27.7 Å². The molecule has 166 valence electrons. The van der Waals surface area contributed by atoms with Gasteiger partial charge < -0.3 is 10.2 Å². The van der Waals surface area contributed by atoms with Gasteiger partial charge in [0.15, 0.2) is 0 Å². The van der Waals surface area contributed by atoms with Crippen LogP contribution >= 0.6 is 22.9 Å². The molecule has 31 heavy (non-hydrogen) atoms. The van der Waals surface area contributed by atoms with E-state index in [1.165, 1.54) is 23.5 Å². The predicted octanol–water partition coefficient (Wildman–Crippen LogP) is 6.26. The first kappa shape index (κ1) is 23.6. The lowest BCUT2D eigenvalue weighted by Gasteiger charge is -2.19. The van der Waals surface area contributed by atoms with Gasteiger partial charge in [-0.15, -0.1) is 28.7 Å². The van der Waals surface area contributed by atoms with Crippen LogP contribution in [0.25, 0.3) is 6.08 Å². The maximum atomic E-state index is 12.8. The molecule has 1 fully saturated rings. The molecular weight excluding hydrogens is 449 g/mol. The Labute approximate surface area is 187 Å². The van der Waals surface area contributed by atoms with E-state index in [1.807, 2.05) is 6.07 Å². The molecule has 8 heteroatoms. The third kappa shape index (κ3) is 6.23. The number of thiophene rings is 1. The molecule has 1 unspecified atom stereocenters. The number of hydrogen-bond donors (Lipinski definition) is 2. The molecule has 3 rings (SSSR count). The van der Waals surface area contributed by atoms with Crippen molar-refractivity contribution >= 4 is 35.0 Å². The van der Waals surface area contributed by atoms with Crippen molar-refractivity contribution in [2.45, 2.75) is 43.3 Å². The zero-order valence-corrected chi connectivity index (χ0v) is 18.1. The van der Waals surface area contributed by atoms with Gasteiger partial charge in [-0.25, -0.2) is 4.79 Å². The highest BCUT2D eigenvalue weighted by atomic mass is 35.5. The average Bonchev–Trinajstić information content (AvgIpc) is 3.27. The minimum Gasteiger partial charge on any atom is -0.477 e. The van der Waals surface area contributed by atoms with Gasteiger partial charge in [-0.05, 0) is 73.6 Å². The number of alkyl halides is 4. The van der Waals surface area contributed by atoms with Crippen LogP contribution in [0.5, 0.6) is 0 Å². The summed E-state index contributed by atoms with van der Waals surface area (Å²) in [5.41, 5.74) is 2.59. The number of aliphatic hydroxyl groups excluding tert-OH is 1. The highest BCUT2D eigenvalue weighted by molar-refractivity contribution is 7.13. The van der Waals surface area contributed by atoms with Crippen LogP contribution in [0.4, 0.5) is 13.2 Å². The van der Waals surface area contributed by atoms with E-state index in [2.05, 4.69) is 5.73 Å². The molecule has 1 aliphatic rings. The van der Waals surface area contributed by atoms with E-state index in [1.54, 1.807) is 18.2 Å². The highest BCUT2D eigenvalue weighted by Crippen LogP contribution is 2.40. The second-order valence-electron chi connectivity index (χ2n) is 7.62. The summed E-state index contributed by atoms with van der Waals surface area (Å²) in [6.07, 6.45) is 0.853. The standard InChI is InChI=1S/C23H22ClF3O3S/c24-19-13-20(28)18(9-2-5-14-4-1-6-15(12-14)23(25,26)27)17(19)8-3-7-16-10-11-21(31-16)22(29)30/h1,4-6,9-12,17-20,28H,3,7-8,13H2,(H,29,30)/t2?,17-,18?,19-,20-/m1/s1. The fraction of sp³-hybridized carbons (Fsp3) is 0.391. The van der Waals surface area contributed by atoms with Gasteiger partial charge >= 0.3 is 12.1 Å². The Morgan fingerprint density at radius 1 is 1.29 bits per heavy atom. The van der Waals surface area contributed by atoms with Gasteiger partial charge in [0.1, 0.15) is 4.88 Å². The largest absolute Gasteiger partial charge is 0.477 e. The highest BCUT2D eigenvalue weighted by Gasteiger charge is 2.39. The maximum absolute atomic E-state index is 12.8. The first-order valence-electron chi connectivity index (χ1n) is 9.89. The van der Waals surface area contributed by atoms with Crippen LogP contribution in [0.15, 0.2) is 48.2 Å². The summed E-state index contributed by atoms with van der Waals surface area (Å²) in [5, 5.41) is 19.2. The van der Waals surface area contributed by atoms with E-state index >= 15 is 0 Å². The van der Waals surface area contributed by atoms with Crippen LogP contribution in [0.3, 0.4) is 0 Å². The first-order chi connectivity index (χ1) is 14.6. The monoisotopic (exact) mass is 470 g/mol. The molecule has 1 heterocycles. The Morgan fingerprint density at radius 2 is 2.06 bits per heavy atom. The quantitative estimate of drug-likeness (QED) is 0.371. The van der Waals surface area contributed by atoms with Gasteiger partial charge in [0.05, 0.1) is 11.7 Å². The Bertz CT molecular complexity index is 978. The first-order valence-corrected chi connectivity index (χ1v) is 11.1. The van der Waals surface area contributed by atoms with Crippen LogP contribution in [0.1, 0.15) is 44.9 Å². The number of aromatic carboxylic acids is 1. The maximum Gasteiger partial charge on any atom is 0.416 e. The minimum atomic E-state index is -4.40. The molecular formula is C23H22ClF3O3S. The van der Waals surface area contributed by atoms with E-state index in [-0.39, 0.29) is 17.2 Å². The molecule has 2 N–H and O–H groups in total. The van der Waals surface area contributed by atoms with Crippen LogP contribution < -0.4 is 0 Å². The molecule has 1 aliphatic carbocycles. The van der Waals surface area contributed by atoms with Crippen molar-refractivity contribution in [1.29, 1.82) is 0 Å². The zero-order chi connectivity index (χ0) is 22.6. The van der Waals surface area contributed by atoms with E-state index in [0.29, 0.717) is 16.9 Å². The van der Waals surface area contributed by atoms with Crippen molar-refractivity contribution in [3.8, 4) is 0 Å². The molecule has 0 aliphatic heterocycles. The van der Waals surface area contributed by atoms with Crippen LogP contribution in [-0.2, 0) is 12.6 Å². The lowest BCUT2D eigenvalue weighted by atomic mass is 9.89. The van der Waals surface area contributed by atoms with Gasteiger partial charge in [0, 0.05) is 16.2 Å². The number of carboxylic acids is 1. The summed E-state index contributed by atoms with van der Waals surface area (Å²) in [4.78, 5) is 12.3. The second kappa shape index (κ2) is 10.0. The minimum absolute atomic E-state index is 0.0120. The molecule has 0 spiro atoms. The van der Waals surface area contributed by atoms with Crippen molar-refractivity contribution in [2.75, 3.05) is 0 Å². The Morgan fingerprint density at radius 3 is 2.74 bits per heavy atom. The zero-order valence-electron chi connectivity index (χ0n) is 16.5. The molecule has 0 bridgehead atoms. The summed E-state index contributed by atoms with van der Waals surface area (Å²) in [6, 6.07) is 8.39. The number of carboxylic acid groups (broad SMARTS) is 1. The molecule has 1 saturated carbocycles. The van der Waals surface area contributed by atoms with Crippen molar-refractivity contribution in [3.05, 3.63) is 69.1 Å². The summed E-state index contributed by atoms with van der Waals surface area (Å²) in [6.45, 7) is 0. The van der Waals surface area contributed by atoms with E-state index < -0.39 is 23.8 Å². The molecule has 0 saturated heterocycles. The molecule has 0 radical (unpaired) electrons. The fourth-order valence-electron chi connectivity index (χ4n) is 3.90. The Kier molecular flexibility index (Phi) is 7.65. The molecule has 2 aromatic rings. The summed E-state index contributed by atoms with van der Waals surface area (Å²) in [7, 11) is 0. The van der Waals surface area contributed by atoms with Gasteiger partial charge in [-0.1, -0.05) is 12.1 Å². The topological polar surface area (TPSA) is 57.5 Å². The molecule has 1 aromatic carbocycles. The third-order valence-electron chi connectivity index (χ3n) is 5.46. The number of benzene rings is 1. The van der Waals surface area contributed by atoms with Crippen molar-refractivity contribution < 1.29 is 28.2 Å². The van der Waals surface area contributed by atoms with E-state index in [4.69, 9.17) is 16.7 Å². The number of aliphatic hydroxyl groups is 1. The number of carbonyl (C=O) groups is 1. The van der Waals surface area contributed by atoms with Crippen LogP contribution in [0.2, 0.25) is 0 Å². The number of hydrogen-bond acceptors (Lipinski definition) is 3. The lowest BCUT2D eigenvalue weighted by molar-refractivity contribution is -0.137. The number of aryl methyl sites for hydroxylation is 1. The number of rotatable bonds is 7. The fourth-order valence-corrected chi connectivity index (χ4v) is 5.26. The Hall–Kier alpha value is -2.05. The normalized spacial score (nSPS) is 23.4. The van der Waals surface area contributed by atoms with Crippen LogP contribution in [0, 0.1) is 11.8 Å². The average molecular weight is 471 g/mol. The smallest absolute Gasteiger partial charge is 0.416 e. The summed E-state index contributed by atoms with van der Waals surface area (Å²) >= 11 is 7.70. The van der Waals surface area contributed by atoms with Crippen molar-refractivity contribution in [3.63, 3.8) is 0 Å². The van der Waals surface area contributed by atoms with Crippen molar-refractivity contribution in [1.82, 2.24) is 0 Å². The summed E-state index contributed by atoms with van der Waals surface area (Å²) in [5.74, 6) is -1.16. The SMILES string of the molecule is O=C(O)c1ccc(CCC[C@@H]2C(C=C=Cc3cccc(C(F)(F)F)c3)[C@H](O)C[C@H]2Cl)s1. The second-order valence-corrected chi connectivity index (χ2v) is 9.35. The molecule has 4 atom stereocenters. The van der Waals surface area contributed by atoms with Gasteiger partial charge in [0.2, 0.25) is 0 Å². The predicted molar refractivity (Wildman–Crippen MR) is 115 cm³/mol.